The summed E-state index contributed by atoms with van der Waals surface area (Å²) in [5.74, 6) is 0.683. The molecule has 3 N–H and O–H groups in total. The predicted molar refractivity (Wildman–Crippen MR) is 111 cm³/mol. The number of halogens is 1. The Morgan fingerprint density at radius 3 is 2.78 bits per heavy atom. The van der Waals surface area contributed by atoms with E-state index in [0.29, 0.717) is 17.8 Å². The fourth-order valence-corrected chi connectivity index (χ4v) is 4.30. The summed E-state index contributed by atoms with van der Waals surface area (Å²) in [4.78, 5) is 21.1. The minimum Gasteiger partial charge on any atom is -0.334 e. The zero-order valence-electron chi connectivity index (χ0n) is 14.8. The highest BCUT2D eigenvalue weighted by Crippen LogP contribution is 2.30. The number of nitrogens with zero attached hydrogens (tertiary/aromatic N) is 1. The van der Waals surface area contributed by atoms with Crippen molar-refractivity contribution in [2.75, 3.05) is 0 Å². The van der Waals surface area contributed by atoms with Crippen molar-refractivity contribution in [3.63, 3.8) is 0 Å². The van der Waals surface area contributed by atoms with Crippen LogP contribution in [0.5, 0.6) is 0 Å². The van der Waals surface area contributed by atoms with Gasteiger partial charge in [0.25, 0.3) is 5.56 Å². The second-order valence-electron chi connectivity index (χ2n) is 6.49. The molecule has 0 aliphatic rings. The topological polar surface area (TPSA) is 62.4 Å². The maximum absolute atomic E-state index is 12.7. The maximum Gasteiger partial charge on any atom is 0.260 e. The average molecular weight is 397 g/mol. The molecule has 27 heavy (non-hydrogen) atoms. The van der Waals surface area contributed by atoms with E-state index in [1.807, 2.05) is 53.9 Å². The van der Waals surface area contributed by atoms with Gasteiger partial charge in [0.15, 0.2) is 5.82 Å². The fourth-order valence-electron chi connectivity index (χ4n) is 3.13. The highest BCUT2D eigenvalue weighted by Gasteiger charge is 2.15. The molecule has 0 saturated carbocycles. The molecule has 136 valence electrons. The smallest absolute Gasteiger partial charge is 0.260 e. The van der Waals surface area contributed by atoms with E-state index in [4.69, 9.17) is 11.6 Å². The van der Waals surface area contributed by atoms with Gasteiger partial charge in [-0.2, -0.15) is 0 Å². The average Bonchev–Trinajstić information content (AvgIpc) is 3.11. The Labute approximate surface area is 165 Å². The van der Waals surface area contributed by atoms with Gasteiger partial charge in [-0.1, -0.05) is 54.1 Å². The highest BCUT2D eigenvalue weighted by atomic mass is 35.5. The van der Waals surface area contributed by atoms with Crippen molar-refractivity contribution in [2.45, 2.75) is 19.5 Å². The Hall–Kier alpha value is -2.47. The second-order valence-corrected chi connectivity index (χ2v) is 7.79. The quantitative estimate of drug-likeness (QED) is 0.532. The van der Waals surface area contributed by atoms with Gasteiger partial charge < -0.3 is 10.3 Å². The molecule has 0 radical (unpaired) electrons. The molecule has 0 aliphatic heterocycles. The van der Waals surface area contributed by atoms with Crippen LogP contribution in [0.15, 0.2) is 64.8 Å². The first-order chi connectivity index (χ1) is 13.1. The number of thiophene rings is 1. The first-order valence-electron chi connectivity index (χ1n) is 8.76. The van der Waals surface area contributed by atoms with Gasteiger partial charge in [0.2, 0.25) is 0 Å². The van der Waals surface area contributed by atoms with E-state index in [-0.39, 0.29) is 11.6 Å². The Balaban J connectivity index is 1.58. The number of fused-ring (bicyclic) bond motifs is 1. The molecule has 0 bridgehead atoms. The maximum atomic E-state index is 12.7. The summed E-state index contributed by atoms with van der Waals surface area (Å²) < 4.78 is 0. The molecule has 0 fully saturated rings. The van der Waals surface area contributed by atoms with Crippen molar-refractivity contribution < 1.29 is 5.32 Å². The normalized spacial score (nSPS) is 12.4. The highest BCUT2D eigenvalue weighted by molar-refractivity contribution is 7.17. The van der Waals surface area contributed by atoms with Crippen molar-refractivity contribution in [3.05, 3.63) is 86.7 Å². The summed E-state index contributed by atoms with van der Waals surface area (Å²) >= 11 is 7.58. The van der Waals surface area contributed by atoms with Gasteiger partial charge in [-0.05, 0) is 24.6 Å². The Kier molecular flexibility index (Phi) is 5.07. The zero-order valence-corrected chi connectivity index (χ0v) is 16.3. The summed E-state index contributed by atoms with van der Waals surface area (Å²) in [6, 6.07) is 18.0. The predicted octanol–water partition coefficient (Wildman–Crippen LogP) is 4.13. The van der Waals surface area contributed by atoms with Crippen LogP contribution in [-0.2, 0) is 6.54 Å². The Morgan fingerprint density at radius 1 is 1.19 bits per heavy atom. The van der Waals surface area contributed by atoms with Crippen molar-refractivity contribution >= 4 is 33.2 Å². The lowest BCUT2D eigenvalue weighted by Gasteiger charge is -2.11. The van der Waals surface area contributed by atoms with Gasteiger partial charge in [0.05, 0.1) is 5.39 Å². The van der Waals surface area contributed by atoms with Gasteiger partial charge in [0, 0.05) is 21.5 Å². The van der Waals surface area contributed by atoms with Gasteiger partial charge in [-0.3, -0.25) is 4.79 Å². The molecular formula is C21H19ClN3OS+. The molecule has 0 spiro atoms. The number of quaternary nitrogens is 1. The first kappa shape index (κ1) is 17.9. The van der Waals surface area contributed by atoms with E-state index >= 15 is 0 Å². The van der Waals surface area contributed by atoms with E-state index < -0.39 is 0 Å². The van der Waals surface area contributed by atoms with Crippen molar-refractivity contribution in [2.24, 2.45) is 0 Å². The summed E-state index contributed by atoms with van der Waals surface area (Å²) in [6.45, 7) is 2.71. The zero-order chi connectivity index (χ0) is 18.8. The number of nitrogens with one attached hydrogen (secondary N) is 1. The van der Waals surface area contributed by atoms with Gasteiger partial charge in [0.1, 0.15) is 17.4 Å². The summed E-state index contributed by atoms with van der Waals surface area (Å²) in [5.41, 5.74) is 3.03. The van der Waals surface area contributed by atoms with E-state index in [1.165, 1.54) is 11.3 Å². The SMILES string of the molecule is C[C@H]([NH2+]Cc1nc2scc(-c3ccccc3)c2c(=O)[nH]1)c1cccc(Cl)c1. The molecular weight excluding hydrogens is 378 g/mol. The second kappa shape index (κ2) is 7.64. The lowest BCUT2D eigenvalue weighted by molar-refractivity contribution is -0.708. The van der Waals surface area contributed by atoms with Crippen LogP contribution in [0, 0.1) is 0 Å². The summed E-state index contributed by atoms with van der Waals surface area (Å²) in [7, 11) is 0. The van der Waals surface area contributed by atoms with Crippen LogP contribution in [0.1, 0.15) is 24.4 Å². The lowest BCUT2D eigenvalue weighted by atomic mass is 10.1. The van der Waals surface area contributed by atoms with Crippen LogP contribution in [0.25, 0.3) is 21.3 Å². The molecule has 1 atom stereocenters. The molecule has 0 aliphatic carbocycles. The number of aromatic amines is 1. The molecule has 0 unspecified atom stereocenters. The molecule has 0 amide bonds. The van der Waals surface area contributed by atoms with E-state index in [9.17, 15) is 4.79 Å². The summed E-state index contributed by atoms with van der Waals surface area (Å²) in [5, 5.41) is 5.54. The molecule has 2 aromatic heterocycles. The van der Waals surface area contributed by atoms with Crippen LogP contribution in [0.4, 0.5) is 0 Å². The number of aromatic nitrogens is 2. The van der Waals surface area contributed by atoms with E-state index in [2.05, 4.69) is 28.3 Å². The number of H-pyrrole nitrogens is 1. The minimum atomic E-state index is -0.0843. The number of rotatable bonds is 5. The third-order valence-electron chi connectivity index (χ3n) is 4.62. The number of hydrogen-bond donors (Lipinski definition) is 2. The Morgan fingerprint density at radius 2 is 2.00 bits per heavy atom. The monoisotopic (exact) mass is 396 g/mol. The molecule has 4 nitrogen and oxygen atoms in total. The molecule has 4 aromatic rings. The van der Waals surface area contributed by atoms with Crippen LogP contribution in [0.2, 0.25) is 5.02 Å². The van der Waals surface area contributed by atoms with Gasteiger partial charge >= 0.3 is 0 Å². The van der Waals surface area contributed by atoms with Crippen LogP contribution in [-0.4, -0.2) is 9.97 Å². The lowest BCUT2D eigenvalue weighted by Crippen LogP contribution is -2.83. The largest absolute Gasteiger partial charge is 0.334 e. The van der Waals surface area contributed by atoms with Crippen molar-refractivity contribution in [1.82, 2.24) is 9.97 Å². The third kappa shape index (κ3) is 3.81. The molecule has 4 rings (SSSR count). The minimum absolute atomic E-state index is 0.0843. The fraction of sp³-hybridized carbons (Fsp3) is 0.143. The van der Waals surface area contributed by atoms with Crippen molar-refractivity contribution in [1.29, 1.82) is 0 Å². The van der Waals surface area contributed by atoms with Crippen molar-refractivity contribution in [3.8, 4) is 11.1 Å². The van der Waals surface area contributed by atoms with Gasteiger partial charge in [-0.25, -0.2) is 4.98 Å². The first-order valence-corrected chi connectivity index (χ1v) is 10.0. The molecule has 6 heteroatoms. The molecule has 0 saturated heterocycles. The van der Waals surface area contributed by atoms with Crippen LogP contribution in [0.3, 0.4) is 0 Å². The molecule has 2 aromatic carbocycles. The number of benzene rings is 2. The van der Waals surface area contributed by atoms with E-state index in [0.717, 1.165) is 26.5 Å². The van der Waals surface area contributed by atoms with Crippen LogP contribution < -0.4 is 10.9 Å². The van der Waals surface area contributed by atoms with E-state index in [1.54, 1.807) is 0 Å². The third-order valence-corrected chi connectivity index (χ3v) is 5.72. The number of hydrogen-bond acceptors (Lipinski definition) is 3. The Bertz CT molecular complexity index is 1140. The van der Waals surface area contributed by atoms with Gasteiger partial charge in [-0.15, -0.1) is 11.3 Å². The van der Waals surface area contributed by atoms with Crippen LogP contribution >= 0.6 is 22.9 Å². The molecule has 2 heterocycles. The number of nitrogens with two attached hydrogens (primary N) is 1. The standard InChI is InChI=1S/C21H18ClN3OS/c1-13(15-8-5-9-16(22)10-15)23-11-18-24-20(26)19-17(12-27-21(19)25-18)14-6-3-2-4-7-14/h2-10,12-13,23H,11H2,1H3,(H,24,25,26)/p+1/t13-/m0/s1. The summed E-state index contributed by atoms with van der Waals surface area (Å²) in [6.07, 6.45) is 0.